The summed E-state index contributed by atoms with van der Waals surface area (Å²) in [7, 11) is 0. The zero-order chi connectivity index (χ0) is 23.4. The van der Waals surface area contributed by atoms with Gasteiger partial charge in [-0.05, 0) is 32.1 Å². The third-order valence-corrected chi connectivity index (χ3v) is 9.02. The van der Waals surface area contributed by atoms with Crippen LogP contribution >= 0.6 is 11.8 Å². The highest BCUT2D eigenvalue weighted by Crippen LogP contribution is 2.60. The number of fused-ring (bicyclic) bond motifs is 2. The number of unbranched alkanes of at least 4 members (excludes halogenated alkanes) is 3. The van der Waals surface area contributed by atoms with Gasteiger partial charge in [0.1, 0.15) is 6.04 Å². The van der Waals surface area contributed by atoms with Gasteiger partial charge in [0.15, 0.2) is 0 Å². The lowest BCUT2D eigenvalue weighted by Gasteiger charge is -2.35. The minimum absolute atomic E-state index is 0.0210. The maximum atomic E-state index is 13.9. The van der Waals surface area contributed by atoms with Crippen LogP contribution in [0.1, 0.15) is 51.9 Å². The second-order valence-corrected chi connectivity index (χ2v) is 10.9. The molecular formula is C25H36N2O5S. The van der Waals surface area contributed by atoms with Crippen molar-refractivity contribution in [3.05, 3.63) is 24.3 Å². The molecule has 4 rings (SSSR count). The number of hydrogen-bond acceptors (Lipinski definition) is 6. The van der Waals surface area contributed by atoms with Gasteiger partial charge in [-0.2, -0.15) is 0 Å². The highest BCUT2D eigenvalue weighted by molar-refractivity contribution is 8.02. The molecule has 0 radical (unpaired) electrons. The Balaban J connectivity index is 1.72. The summed E-state index contributed by atoms with van der Waals surface area (Å²) in [5, 5.41) is 9.08. The van der Waals surface area contributed by atoms with Crippen molar-refractivity contribution in [2.75, 3.05) is 32.8 Å². The second kappa shape index (κ2) is 10.6. The van der Waals surface area contributed by atoms with Crippen LogP contribution < -0.4 is 0 Å². The van der Waals surface area contributed by atoms with E-state index in [4.69, 9.17) is 4.74 Å². The number of thioether (sulfide) groups is 1. The molecule has 0 aliphatic carbocycles. The first kappa shape index (κ1) is 24.3. The van der Waals surface area contributed by atoms with Gasteiger partial charge in [-0.15, -0.1) is 11.8 Å². The first-order valence-electron chi connectivity index (χ1n) is 12.4. The molecule has 2 saturated heterocycles. The molecule has 182 valence electrons. The fraction of sp³-hybridized carbons (Fsp3) is 0.720. The second-order valence-electron chi connectivity index (χ2n) is 9.44. The fourth-order valence-corrected chi connectivity index (χ4v) is 7.69. The molecule has 4 aliphatic rings. The number of esters is 1. The minimum atomic E-state index is -0.773. The van der Waals surface area contributed by atoms with E-state index in [1.54, 1.807) is 16.7 Å². The Hall–Kier alpha value is -1.80. The number of hydrogen-bond donors (Lipinski definition) is 1. The third kappa shape index (κ3) is 4.48. The molecule has 1 N–H and O–H groups in total. The van der Waals surface area contributed by atoms with Gasteiger partial charge in [-0.3, -0.25) is 14.4 Å². The quantitative estimate of drug-likeness (QED) is 0.329. The molecule has 0 saturated carbocycles. The Bertz CT molecular complexity index is 815. The number of cyclic esters (lactones) is 1. The number of carbonyl (C=O) groups excluding carboxylic acids is 3. The van der Waals surface area contributed by atoms with Gasteiger partial charge in [0.05, 0.1) is 23.2 Å². The highest BCUT2D eigenvalue weighted by Gasteiger charge is 2.70. The van der Waals surface area contributed by atoms with Crippen molar-refractivity contribution in [1.82, 2.24) is 9.80 Å². The van der Waals surface area contributed by atoms with Crippen LogP contribution in [-0.4, -0.2) is 81.6 Å². The van der Waals surface area contributed by atoms with Gasteiger partial charge >= 0.3 is 5.97 Å². The van der Waals surface area contributed by atoms with Crippen LogP contribution in [-0.2, 0) is 19.1 Å². The van der Waals surface area contributed by atoms with Crippen LogP contribution in [0.5, 0.6) is 0 Å². The SMILES string of the molecule is CCCCCN1CC=C[C@]23S[C@@H]4/C=C\CCCOC(=O)[C@@H]4[C@H]2C(=O)N(CCCCO)C3C1=O. The number of amides is 2. The average Bonchev–Trinajstić information content (AvgIpc) is 3.21. The van der Waals surface area contributed by atoms with E-state index in [0.717, 1.165) is 32.1 Å². The predicted octanol–water partition coefficient (Wildman–Crippen LogP) is 2.54. The first-order valence-corrected chi connectivity index (χ1v) is 13.3. The molecule has 7 nitrogen and oxygen atoms in total. The number of nitrogens with zero attached hydrogens (tertiary/aromatic N) is 2. The standard InChI is InChI=1S/C25H36N2O5S/c1-2-3-6-13-26-14-10-12-25-20(19-18(33-25)11-5-4-9-17-32-24(19)31)22(29)27(15-7-8-16-28)21(25)23(26)30/h5,10-12,18-21,28H,2-4,6-9,13-17H2,1H3/b11-5-/t18-,19+,20+,21?,25+/m1/s1. The van der Waals surface area contributed by atoms with Crippen molar-refractivity contribution in [1.29, 1.82) is 0 Å². The number of aliphatic hydroxyl groups excluding tert-OH is 1. The van der Waals surface area contributed by atoms with Gasteiger partial charge < -0.3 is 19.6 Å². The number of aliphatic hydroxyl groups is 1. The lowest BCUT2D eigenvalue weighted by atomic mass is 9.78. The molecule has 2 fully saturated rings. The van der Waals surface area contributed by atoms with Crippen molar-refractivity contribution in [2.45, 2.75) is 67.9 Å². The Morgan fingerprint density at radius 1 is 1.12 bits per heavy atom. The van der Waals surface area contributed by atoms with Crippen LogP contribution in [0.3, 0.4) is 0 Å². The summed E-state index contributed by atoms with van der Waals surface area (Å²) in [6, 6.07) is -0.629. The molecule has 2 amide bonds. The van der Waals surface area contributed by atoms with E-state index in [1.807, 2.05) is 11.0 Å². The highest BCUT2D eigenvalue weighted by atomic mass is 32.2. The van der Waals surface area contributed by atoms with E-state index in [-0.39, 0.29) is 29.6 Å². The number of ether oxygens (including phenoxy) is 1. The molecule has 33 heavy (non-hydrogen) atoms. The van der Waals surface area contributed by atoms with Gasteiger partial charge in [0.2, 0.25) is 11.8 Å². The number of allylic oxidation sites excluding steroid dienone is 1. The summed E-state index contributed by atoms with van der Waals surface area (Å²) >= 11 is 1.59. The summed E-state index contributed by atoms with van der Waals surface area (Å²) in [6.45, 7) is 4.16. The predicted molar refractivity (Wildman–Crippen MR) is 127 cm³/mol. The van der Waals surface area contributed by atoms with Gasteiger partial charge in [0.25, 0.3) is 0 Å². The largest absolute Gasteiger partial charge is 0.465 e. The lowest BCUT2D eigenvalue weighted by Crippen LogP contribution is -2.53. The van der Waals surface area contributed by atoms with Gasteiger partial charge in [-0.1, -0.05) is 44.1 Å². The summed E-state index contributed by atoms with van der Waals surface area (Å²) in [4.78, 5) is 44.5. The molecule has 0 aromatic rings. The Labute approximate surface area is 200 Å². The summed E-state index contributed by atoms with van der Waals surface area (Å²) in [5.74, 6) is -1.68. The van der Waals surface area contributed by atoms with Crippen molar-refractivity contribution >= 4 is 29.5 Å². The first-order chi connectivity index (χ1) is 16.0. The summed E-state index contributed by atoms with van der Waals surface area (Å²) in [5.41, 5.74) is 0. The Morgan fingerprint density at radius 2 is 1.94 bits per heavy atom. The van der Waals surface area contributed by atoms with Crippen LogP contribution in [0.4, 0.5) is 0 Å². The molecule has 4 heterocycles. The van der Waals surface area contributed by atoms with E-state index < -0.39 is 22.6 Å². The van der Waals surface area contributed by atoms with Gasteiger partial charge in [-0.25, -0.2) is 0 Å². The summed E-state index contributed by atoms with van der Waals surface area (Å²) in [6.07, 6.45) is 14.1. The van der Waals surface area contributed by atoms with Crippen LogP contribution in [0.2, 0.25) is 0 Å². The molecule has 0 aromatic heterocycles. The van der Waals surface area contributed by atoms with Crippen molar-refractivity contribution < 1.29 is 24.2 Å². The monoisotopic (exact) mass is 476 g/mol. The smallest absolute Gasteiger partial charge is 0.311 e. The number of rotatable bonds is 8. The number of likely N-dealkylation sites (tertiary alicyclic amines) is 1. The van der Waals surface area contributed by atoms with E-state index in [1.165, 1.54) is 0 Å². The lowest BCUT2D eigenvalue weighted by molar-refractivity contribution is -0.153. The maximum absolute atomic E-state index is 13.9. The number of carbonyl (C=O) groups is 3. The van der Waals surface area contributed by atoms with Crippen LogP contribution in [0.15, 0.2) is 24.3 Å². The normalized spacial score (nSPS) is 34.7. The molecule has 1 unspecified atom stereocenters. The molecule has 8 heteroatoms. The van der Waals surface area contributed by atoms with E-state index in [0.29, 0.717) is 39.1 Å². The Kier molecular flexibility index (Phi) is 7.84. The summed E-state index contributed by atoms with van der Waals surface area (Å²) < 4.78 is 4.80. The molecule has 4 aliphatic heterocycles. The van der Waals surface area contributed by atoms with Crippen LogP contribution in [0, 0.1) is 11.8 Å². The van der Waals surface area contributed by atoms with E-state index in [2.05, 4.69) is 25.2 Å². The van der Waals surface area contributed by atoms with Crippen LogP contribution in [0.25, 0.3) is 0 Å². The molecular weight excluding hydrogens is 440 g/mol. The fourth-order valence-electron chi connectivity index (χ4n) is 5.69. The van der Waals surface area contributed by atoms with Crippen molar-refractivity contribution in [3.8, 4) is 0 Å². The molecule has 5 atom stereocenters. The van der Waals surface area contributed by atoms with Gasteiger partial charge in [0, 0.05) is 31.5 Å². The zero-order valence-corrected chi connectivity index (χ0v) is 20.3. The molecule has 1 spiro atoms. The van der Waals surface area contributed by atoms with Crippen molar-refractivity contribution in [3.63, 3.8) is 0 Å². The minimum Gasteiger partial charge on any atom is -0.465 e. The Morgan fingerprint density at radius 3 is 2.73 bits per heavy atom. The third-order valence-electron chi connectivity index (χ3n) is 7.27. The topological polar surface area (TPSA) is 87.2 Å². The average molecular weight is 477 g/mol. The van der Waals surface area contributed by atoms with E-state index in [9.17, 15) is 19.5 Å². The van der Waals surface area contributed by atoms with Crippen molar-refractivity contribution in [2.24, 2.45) is 11.8 Å². The molecule has 0 aromatic carbocycles. The maximum Gasteiger partial charge on any atom is 0.311 e. The molecule has 0 bridgehead atoms. The zero-order valence-electron chi connectivity index (χ0n) is 19.5. The van der Waals surface area contributed by atoms with E-state index >= 15 is 0 Å².